The number of hydrogen-bond donors (Lipinski definition) is 0. The highest BCUT2D eigenvalue weighted by molar-refractivity contribution is 6.12. The molecule has 0 amide bonds. The molecule has 0 bridgehead atoms. The van der Waals surface area contributed by atoms with Gasteiger partial charge in [0.1, 0.15) is 17.2 Å². The van der Waals surface area contributed by atoms with Crippen LogP contribution in [0.3, 0.4) is 0 Å². The number of fused-ring (bicyclic) bond motifs is 1. The first-order valence-corrected chi connectivity index (χ1v) is 8.59. The molecule has 2 rings (SSSR count). The third kappa shape index (κ3) is 3.57. The van der Waals surface area contributed by atoms with Crippen LogP contribution < -0.4 is 23.7 Å². The van der Waals surface area contributed by atoms with Crippen LogP contribution in [0.15, 0.2) is 18.7 Å². The van der Waals surface area contributed by atoms with E-state index in [2.05, 4.69) is 6.58 Å². The van der Waals surface area contributed by atoms with E-state index < -0.39 is 0 Å². The summed E-state index contributed by atoms with van der Waals surface area (Å²) in [4.78, 5) is 12.6. The number of allylic oxidation sites excluding steroid dienone is 1. The van der Waals surface area contributed by atoms with Gasteiger partial charge in [-0.05, 0) is 13.3 Å². The van der Waals surface area contributed by atoms with Gasteiger partial charge in [-0.3, -0.25) is 4.79 Å². The predicted octanol–water partition coefficient (Wildman–Crippen LogP) is 3.79. The Morgan fingerprint density at radius 3 is 2.04 bits per heavy atom. The minimum atomic E-state index is -0.181. The number of carbonyl (C=O) groups excluding carboxylic acids is 1. The molecule has 0 spiro atoms. The lowest BCUT2D eigenvalue weighted by atomic mass is 9.92. The van der Waals surface area contributed by atoms with Crippen molar-refractivity contribution in [2.75, 3.05) is 42.3 Å². The Morgan fingerprint density at radius 2 is 1.57 bits per heavy atom. The van der Waals surface area contributed by atoms with Crippen molar-refractivity contribution in [2.45, 2.75) is 13.3 Å². The summed E-state index contributed by atoms with van der Waals surface area (Å²) in [5.74, 6) is 1.98. The van der Waals surface area contributed by atoms with Gasteiger partial charge in [0, 0.05) is 18.7 Å². The lowest BCUT2D eigenvalue weighted by molar-refractivity contribution is 0.0512. The van der Waals surface area contributed by atoms with Gasteiger partial charge >= 0.3 is 0 Å². The third-order valence-corrected chi connectivity index (χ3v) is 4.34. The Kier molecular flexibility index (Phi) is 7.12. The second kappa shape index (κ2) is 9.32. The number of ether oxygens (including phenoxy) is 6. The quantitative estimate of drug-likeness (QED) is 0.347. The zero-order valence-corrected chi connectivity index (χ0v) is 17.1. The van der Waals surface area contributed by atoms with Crippen LogP contribution >= 0.6 is 0 Å². The Bertz CT molecular complexity index is 887. The SMILES string of the molecule is C=CCc1c(C(C)=O)c(OCOC)c2c(OC)cc(OC)c(OC)c2c1OC. The highest BCUT2D eigenvalue weighted by Crippen LogP contribution is 2.52. The maximum atomic E-state index is 12.6. The summed E-state index contributed by atoms with van der Waals surface area (Å²) in [5, 5.41) is 1.11. The van der Waals surface area contributed by atoms with Crippen molar-refractivity contribution in [3.63, 3.8) is 0 Å². The summed E-state index contributed by atoms with van der Waals surface area (Å²) in [7, 11) is 7.63. The second-order valence-electron chi connectivity index (χ2n) is 5.88. The van der Waals surface area contributed by atoms with Crippen molar-refractivity contribution in [2.24, 2.45) is 0 Å². The number of benzene rings is 2. The van der Waals surface area contributed by atoms with Crippen LogP contribution in [-0.2, 0) is 11.2 Å². The lowest BCUT2D eigenvalue weighted by Gasteiger charge is -2.23. The van der Waals surface area contributed by atoms with Gasteiger partial charge in [0.2, 0.25) is 0 Å². The third-order valence-electron chi connectivity index (χ3n) is 4.34. The van der Waals surface area contributed by atoms with Crippen LogP contribution in [0.5, 0.6) is 28.7 Å². The fraction of sp³-hybridized carbons (Fsp3) is 0.381. The topological polar surface area (TPSA) is 72.5 Å². The molecule has 0 fully saturated rings. The maximum Gasteiger partial charge on any atom is 0.188 e. The fourth-order valence-electron chi connectivity index (χ4n) is 3.30. The molecular weight excluding hydrogens is 364 g/mol. The van der Waals surface area contributed by atoms with Gasteiger partial charge < -0.3 is 28.4 Å². The molecule has 0 aliphatic rings. The molecule has 7 heteroatoms. The predicted molar refractivity (Wildman–Crippen MR) is 107 cm³/mol. The Morgan fingerprint density at radius 1 is 0.929 bits per heavy atom. The van der Waals surface area contributed by atoms with Crippen LogP contribution in [-0.4, -0.2) is 48.1 Å². The van der Waals surface area contributed by atoms with Crippen molar-refractivity contribution in [1.29, 1.82) is 0 Å². The fourth-order valence-corrected chi connectivity index (χ4v) is 3.30. The molecule has 0 atom stereocenters. The number of rotatable bonds is 10. The monoisotopic (exact) mass is 390 g/mol. The van der Waals surface area contributed by atoms with Gasteiger partial charge in [-0.1, -0.05) is 6.08 Å². The zero-order chi connectivity index (χ0) is 20.8. The average molecular weight is 390 g/mol. The Balaban J connectivity index is 3.21. The standard InChI is InChI=1S/C21H26O7/c1-8-9-13-16(12(2)22)21(28-11-23-3)17-14(24-4)10-15(25-5)20(27-7)18(17)19(13)26-6/h8,10H,1,9,11H2,2-7H3. The van der Waals surface area contributed by atoms with E-state index in [-0.39, 0.29) is 12.6 Å². The molecule has 0 saturated heterocycles. The molecule has 2 aromatic rings. The number of methoxy groups -OCH3 is 5. The summed E-state index contributed by atoms with van der Waals surface area (Å²) >= 11 is 0. The second-order valence-corrected chi connectivity index (χ2v) is 5.88. The van der Waals surface area contributed by atoms with Crippen molar-refractivity contribution < 1.29 is 33.2 Å². The summed E-state index contributed by atoms with van der Waals surface area (Å²) in [6.45, 7) is 5.22. The van der Waals surface area contributed by atoms with Gasteiger partial charge in [0.15, 0.2) is 24.1 Å². The first kappa shape index (κ1) is 21.4. The van der Waals surface area contributed by atoms with Crippen LogP contribution in [0, 0.1) is 0 Å². The molecule has 0 aliphatic heterocycles. The van der Waals surface area contributed by atoms with E-state index in [1.807, 2.05) is 0 Å². The summed E-state index contributed by atoms with van der Waals surface area (Å²) in [6.07, 6.45) is 2.08. The van der Waals surface area contributed by atoms with Gasteiger partial charge in [-0.25, -0.2) is 0 Å². The van der Waals surface area contributed by atoms with Crippen molar-refractivity contribution in [1.82, 2.24) is 0 Å². The highest BCUT2D eigenvalue weighted by Gasteiger charge is 2.29. The minimum absolute atomic E-state index is 0.0489. The van der Waals surface area contributed by atoms with E-state index in [4.69, 9.17) is 28.4 Å². The van der Waals surface area contributed by atoms with Crippen LogP contribution in [0.25, 0.3) is 10.8 Å². The molecule has 0 aromatic heterocycles. The molecular formula is C21H26O7. The number of Topliss-reactive ketones (excluding diaryl/α,β-unsaturated/α-hetero) is 1. The van der Waals surface area contributed by atoms with E-state index in [9.17, 15) is 4.79 Å². The number of ketones is 1. The largest absolute Gasteiger partial charge is 0.496 e. The molecule has 0 radical (unpaired) electrons. The van der Waals surface area contributed by atoms with Gasteiger partial charge in [-0.15, -0.1) is 6.58 Å². The molecule has 0 saturated carbocycles. The zero-order valence-electron chi connectivity index (χ0n) is 17.1. The molecule has 2 aromatic carbocycles. The van der Waals surface area contributed by atoms with Crippen molar-refractivity contribution in [3.8, 4) is 28.7 Å². The van der Waals surface area contributed by atoms with Crippen LogP contribution in [0.4, 0.5) is 0 Å². The minimum Gasteiger partial charge on any atom is -0.496 e. The summed E-state index contributed by atoms with van der Waals surface area (Å²) in [6, 6.07) is 1.68. The van der Waals surface area contributed by atoms with E-state index in [0.29, 0.717) is 57.1 Å². The number of carbonyl (C=O) groups is 1. The first-order valence-electron chi connectivity index (χ1n) is 8.59. The number of hydrogen-bond acceptors (Lipinski definition) is 7. The molecule has 0 unspecified atom stereocenters. The van der Waals surface area contributed by atoms with Crippen LogP contribution in [0.1, 0.15) is 22.8 Å². The smallest absolute Gasteiger partial charge is 0.188 e. The van der Waals surface area contributed by atoms with E-state index >= 15 is 0 Å². The van der Waals surface area contributed by atoms with Crippen molar-refractivity contribution >= 4 is 16.6 Å². The summed E-state index contributed by atoms with van der Waals surface area (Å²) in [5.41, 5.74) is 1.02. The van der Waals surface area contributed by atoms with Crippen LogP contribution in [0.2, 0.25) is 0 Å². The summed E-state index contributed by atoms with van der Waals surface area (Å²) < 4.78 is 33.3. The van der Waals surface area contributed by atoms with Crippen molar-refractivity contribution in [3.05, 3.63) is 29.8 Å². The average Bonchev–Trinajstić information content (AvgIpc) is 2.70. The lowest BCUT2D eigenvalue weighted by Crippen LogP contribution is -2.11. The molecule has 0 aliphatic carbocycles. The highest BCUT2D eigenvalue weighted by atomic mass is 16.7. The van der Waals surface area contributed by atoms with Gasteiger partial charge in [-0.2, -0.15) is 0 Å². The Hall–Kier alpha value is -2.93. The molecule has 7 nitrogen and oxygen atoms in total. The van der Waals surface area contributed by atoms with E-state index in [1.165, 1.54) is 42.5 Å². The van der Waals surface area contributed by atoms with Gasteiger partial charge in [0.05, 0.1) is 44.8 Å². The molecule has 152 valence electrons. The normalized spacial score (nSPS) is 10.5. The molecule has 28 heavy (non-hydrogen) atoms. The van der Waals surface area contributed by atoms with E-state index in [1.54, 1.807) is 12.1 Å². The van der Waals surface area contributed by atoms with Gasteiger partial charge in [0.25, 0.3) is 0 Å². The Labute approximate surface area is 164 Å². The molecule has 0 heterocycles. The maximum absolute atomic E-state index is 12.6. The van der Waals surface area contributed by atoms with E-state index in [0.717, 1.165) is 0 Å². The first-order chi connectivity index (χ1) is 13.5. The molecule has 0 N–H and O–H groups in total.